The molecule has 0 saturated carbocycles. The lowest BCUT2D eigenvalue weighted by atomic mass is 9.97. The number of methoxy groups -OCH3 is 2. The van der Waals surface area contributed by atoms with Gasteiger partial charge in [-0.05, 0) is 44.0 Å². The van der Waals surface area contributed by atoms with Crippen molar-refractivity contribution in [3.63, 3.8) is 0 Å². The molecular formula is C17H25NO3. The van der Waals surface area contributed by atoms with Crippen LogP contribution in [-0.4, -0.2) is 51.5 Å². The molecule has 4 nitrogen and oxygen atoms in total. The van der Waals surface area contributed by atoms with Crippen molar-refractivity contribution in [1.29, 1.82) is 0 Å². The highest BCUT2D eigenvalue weighted by Crippen LogP contribution is 2.37. The van der Waals surface area contributed by atoms with E-state index in [9.17, 15) is 0 Å². The van der Waals surface area contributed by atoms with E-state index in [1.165, 1.54) is 31.4 Å². The maximum Gasteiger partial charge on any atom is 0.122 e. The summed E-state index contributed by atoms with van der Waals surface area (Å²) in [6.07, 6.45) is 3.53. The van der Waals surface area contributed by atoms with Gasteiger partial charge in [0.2, 0.25) is 0 Å². The average molecular weight is 291 g/mol. The van der Waals surface area contributed by atoms with Crippen molar-refractivity contribution in [2.24, 2.45) is 0 Å². The van der Waals surface area contributed by atoms with Crippen LogP contribution in [0.25, 0.3) is 0 Å². The van der Waals surface area contributed by atoms with E-state index in [4.69, 9.17) is 14.2 Å². The Balaban J connectivity index is 1.72. The van der Waals surface area contributed by atoms with Gasteiger partial charge in [-0.2, -0.15) is 0 Å². The lowest BCUT2D eigenvalue weighted by Gasteiger charge is -2.31. The topological polar surface area (TPSA) is 30.9 Å². The summed E-state index contributed by atoms with van der Waals surface area (Å²) in [6, 6.07) is 6.82. The monoisotopic (exact) mass is 291 g/mol. The highest BCUT2D eigenvalue weighted by Gasteiger charge is 2.31. The molecule has 1 aromatic rings. The summed E-state index contributed by atoms with van der Waals surface area (Å²) < 4.78 is 16.4. The third-order valence-electron chi connectivity index (χ3n) is 4.80. The molecule has 2 saturated heterocycles. The maximum absolute atomic E-state index is 5.54. The highest BCUT2D eigenvalue weighted by atomic mass is 16.5. The largest absolute Gasteiger partial charge is 0.497 e. The standard InChI is InChI=1S/C17H25NO3/c1-19-15-3-4-17(20-2)16(11-15)13-5-8-18(12-13)14-6-9-21-10-7-14/h3-4,11,13-14H,5-10,12H2,1-2H3/t13-/m1/s1. The zero-order chi connectivity index (χ0) is 14.7. The van der Waals surface area contributed by atoms with E-state index in [-0.39, 0.29) is 0 Å². The van der Waals surface area contributed by atoms with Crippen LogP contribution in [-0.2, 0) is 4.74 Å². The third kappa shape index (κ3) is 3.16. The molecule has 2 heterocycles. The quantitative estimate of drug-likeness (QED) is 0.853. The van der Waals surface area contributed by atoms with Gasteiger partial charge in [-0.1, -0.05) is 0 Å². The van der Waals surface area contributed by atoms with Crippen molar-refractivity contribution >= 4 is 0 Å². The van der Waals surface area contributed by atoms with Gasteiger partial charge in [0.15, 0.2) is 0 Å². The normalized spacial score (nSPS) is 24.2. The number of ether oxygens (including phenoxy) is 3. The SMILES string of the molecule is COc1ccc(OC)c([C@@H]2CCN(C3CCOCC3)C2)c1. The minimum absolute atomic E-state index is 0.540. The van der Waals surface area contributed by atoms with Crippen molar-refractivity contribution in [3.05, 3.63) is 23.8 Å². The smallest absolute Gasteiger partial charge is 0.122 e. The molecule has 1 atom stereocenters. The molecule has 2 aliphatic heterocycles. The fourth-order valence-corrected chi connectivity index (χ4v) is 3.58. The van der Waals surface area contributed by atoms with Gasteiger partial charge in [0, 0.05) is 37.3 Å². The molecule has 0 amide bonds. The van der Waals surface area contributed by atoms with Gasteiger partial charge in [-0.15, -0.1) is 0 Å². The minimum atomic E-state index is 0.540. The molecule has 2 fully saturated rings. The Hall–Kier alpha value is -1.26. The van der Waals surface area contributed by atoms with Crippen LogP contribution in [0.15, 0.2) is 18.2 Å². The molecule has 116 valence electrons. The molecule has 0 N–H and O–H groups in total. The van der Waals surface area contributed by atoms with Gasteiger partial charge in [0.25, 0.3) is 0 Å². The molecule has 0 aliphatic carbocycles. The Kier molecular flexibility index (Phi) is 4.66. The summed E-state index contributed by atoms with van der Waals surface area (Å²) in [5.74, 6) is 2.43. The van der Waals surface area contributed by atoms with Crippen molar-refractivity contribution in [2.75, 3.05) is 40.5 Å². The summed E-state index contributed by atoms with van der Waals surface area (Å²) >= 11 is 0. The number of nitrogens with zero attached hydrogens (tertiary/aromatic N) is 1. The van der Waals surface area contributed by atoms with Gasteiger partial charge in [0.1, 0.15) is 11.5 Å². The number of likely N-dealkylation sites (tertiary alicyclic amines) is 1. The molecular weight excluding hydrogens is 266 g/mol. The second-order valence-corrected chi connectivity index (χ2v) is 5.93. The van der Waals surface area contributed by atoms with Gasteiger partial charge in [-0.25, -0.2) is 0 Å². The Morgan fingerprint density at radius 3 is 2.62 bits per heavy atom. The van der Waals surface area contributed by atoms with Crippen LogP contribution >= 0.6 is 0 Å². The molecule has 21 heavy (non-hydrogen) atoms. The zero-order valence-electron chi connectivity index (χ0n) is 13.0. The molecule has 1 aromatic carbocycles. The second kappa shape index (κ2) is 6.67. The number of rotatable bonds is 4. The van der Waals surface area contributed by atoms with Gasteiger partial charge < -0.3 is 14.2 Å². The fourth-order valence-electron chi connectivity index (χ4n) is 3.58. The van der Waals surface area contributed by atoms with Crippen molar-refractivity contribution in [1.82, 2.24) is 4.90 Å². The van der Waals surface area contributed by atoms with Crippen molar-refractivity contribution in [3.8, 4) is 11.5 Å². The molecule has 3 rings (SSSR count). The van der Waals surface area contributed by atoms with E-state index in [2.05, 4.69) is 11.0 Å². The van der Waals surface area contributed by atoms with E-state index in [1.807, 2.05) is 12.1 Å². The summed E-state index contributed by atoms with van der Waals surface area (Å²) in [5, 5.41) is 0. The lowest BCUT2D eigenvalue weighted by molar-refractivity contribution is 0.0419. The van der Waals surface area contributed by atoms with Crippen LogP contribution in [0.1, 0.15) is 30.7 Å². The maximum atomic E-state index is 5.54. The Morgan fingerprint density at radius 1 is 1.10 bits per heavy atom. The first kappa shape index (κ1) is 14.7. The summed E-state index contributed by atoms with van der Waals surface area (Å²) in [6.45, 7) is 4.12. The molecule has 4 heteroatoms. The lowest BCUT2D eigenvalue weighted by Crippen LogP contribution is -2.37. The first-order valence-corrected chi connectivity index (χ1v) is 7.85. The van der Waals surface area contributed by atoms with Crippen molar-refractivity contribution < 1.29 is 14.2 Å². The number of hydrogen-bond donors (Lipinski definition) is 0. The Labute approximate surface area is 127 Å². The predicted molar refractivity (Wildman–Crippen MR) is 82.3 cm³/mol. The van der Waals surface area contributed by atoms with E-state index < -0.39 is 0 Å². The van der Waals surface area contributed by atoms with Crippen LogP contribution in [0.2, 0.25) is 0 Å². The molecule has 0 bridgehead atoms. The zero-order valence-corrected chi connectivity index (χ0v) is 13.0. The molecule has 0 unspecified atom stereocenters. The first-order chi connectivity index (χ1) is 10.3. The van der Waals surface area contributed by atoms with Crippen LogP contribution in [0.3, 0.4) is 0 Å². The Bertz CT molecular complexity index is 471. The van der Waals surface area contributed by atoms with E-state index >= 15 is 0 Å². The van der Waals surface area contributed by atoms with Crippen LogP contribution in [0.4, 0.5) is 0 Å². The number of benzene rings is 1. The molecule has 0 radical (unpaired) electrons. The molecule has 0 aromatic heterocycles. The fraction of sp³-hybridized carbons (Fsp3) is 0.647. The van der Waals surface area contributed by atoms with Crippen LogP contribution in [0, 0.1) is 0 Å². The summed E-state index contributed by atoms with van der Waals surface area (Å²) in [5.41, 5.74) is 1.28. The average Bonchev–Trinajstić information content (AvgIpc) is 3.05. The summed E-state index contributed by atoms with van der Waals surface area (Å²) in [7, 11) is 3.46. The van der Waals surface area contributed by atoms with Gasteiger partial charge >= 0.3 is 0 Å². The second-order valence-electron chi connectivity index (χ2n) is 5.93. The van der Waals surface area contributed by atoms with Gasteiger partial charge in [0.05, 0.1) is 14.2 Å². The summed E-state index contributed by atoms with van der Waals surface area (Å²) in [4.78, 5) is 2.63. The van der Waals surface area contributed by atoms with Crippen molar-refractivity contribution in [2.45, 2.75) is 31.2 Å². The minimum Gasteiger partial charge on any atom is -0.497 e. The van der Waals surface area contributed by atoms with E-state index in [0.29, 0.717) is 12.0 Å². The van der Waals surface area contributed by atoms with Crippen LogP contribution < -0.4 is 9.47 Å². The van der Waals surface area contributed by atoms with Crippen LogP contribution in [0.5, 0.6) is 11.5 Å². The highest BCUT2D eigenvalue weighted by molar-refractivity contribution is 5.43. The van der Waals surface area contributed by atoms with Gasteiger partial charge in [-0.3, -0.25) is 4.90 Å². The predicted octanol–water partition coefficient (Wildman–Crippen LogP) is 2.67. The third-order valence-corrected chi connectivity index (χ3v) is 4.80. The molecule has 2 aliphatic rings. The van der Waals surface area contributed by atoms with E-state index in [1.54, 1.807) is 14.2 Å². The number of hydrogen-bond acceptors (Lipinski definition) is 4. The van der Waals surface area contributed by atoms with E-state index in [0.717, 1.165) is 31.3 Å². The Morgan fingerprint density at radius 2 is 1.90 bits per heavy atom. The molecule has 0 spiro atoms. The first-order valence-electron chi connectivity index (χ1n) is 7.85.